The van der Waals surface area contributed by atoms with Crippen molar-refractivity contribution in [3.63, 3.8) is 0 Å². The van der Waals surface area contributed by atoms with Crippen LogP contribution in [0.1, 0.15) is 10.4 Å². The number of aromatic nitrogens is 1. The minimum absolute atomic E-state index is 0.190. The number of hydrogen-bond donors (Lipinski definition) is 1. The summed E-state index contributed by atoms with van der Waals surface area (Å²) in [6.45, 7) is 0. The van der Waals surface area contributed by atoms with E-state index in [-0.39, 0.29) is 5.69 Å². The van der Waals surface area contributed by atoms with Crippen LogP contribution in [0.15, 0.2) is 47.2 Å². The molecule has 0 aliphatic heterocycles. The molecule has 0 bridgehead atoms. The summed E-state index contributed by atoms with van der Waals surface area (Å²) in [5, 5.41) is 2.48. The van der Waals surface area contributed by atoms with Gasteiger partial charge in [-0.2, -0.15) is 0 Å². The molecule has 4 nitrogen and oxygen atoms in total. The number of anilines is 1. The number of ether oxygens (including phenoxy) is 1. The molecular formula is C13H8BrF3N2O2. The first kappa shape index (κ1) is 15.3. The van der Waals surface area contributed by atoms with Gasteiger partial charge in [0, 0.05) is 23.5 Å². The zero-order chi connectivity index (χ0) is 15.5. The third-order valence-corrected chi connectivity index (χ3v) is 2.75. The summed E-state index contributed by atoms with van der Waals surface area (Å²) in [7, 11) is 0. The molecule has 1 aromatic carbocycles. The van der Waals surface area contributed by atoms with Crippen LogP contribution in [0.25, 0.3) is 0 Å². The first-order chi connectivity index (χ1) is 9.83. The van der Waals surface area contributed by atoms with E-state index in [0.29, 0.717) is 10.2 Å². The normalized spacial score (nSPS) is 11.0. The highest BCUT2D eigenvalue weighted by molar-refractivity contribution is 9.10. The fourth-order valence-corrected chi connectivity index (χ4v) is 1.88. The van der Waals surface area contributed by atoms with Crippen molar-refractivity contribution in [1.82, 2.24) is 4.98 Å². The second-order valence-electron chi connectivity index (χ2n) is 3.90. The van der Waals surface area contributed by atoms with Crippen molar-refractivity contribution in [2.24, 2.45) is 0 Å². The number of benzene rings is 1. The Morgan fingerprint density at radius 2 is 2.00 bits per heavy atom. The SMILES string of the molecule is O=C(Nc1cccc(OC(F)(F)F)c1)c1ccnc(Br)c1. The minimum Gasteiger partial charge on any atom is -0.406 e. The van der Waals surface area contributed by atoms with Crippen LogP contribution in [-0.4, -0.2) is 17.3 Å². The Labute approximate surface area is 126 Å². The van der Waals surface area contributed by atoms with E-state index in [1.54, 1.807) is 0 Å². The Morgan fingerprint density at radius 3 is 2.67 bits per heavy atom. The summed E-state index contributed by atoms with van der Waals surface area (Å²) in [4.78, 5) is 15.8. The van der Waals surface area contributed by atoms with Crippen LogP contribution in [0.2, 0.25) is 0 Å². The van der Waals surface area contributed by atoms with Gasteiger partial charge in [-0.05, 0) is 40.2 Å². The van der Waals surface area contributed by atoms with Crippen LogP contribution in [-0.2, 0) is 0 Å². The maximum atomic E-state index is 12.1. The van der Waals surface area contributed by atoms with Gasteiger partial charge in [0.25, 0.3) is 5.91 Å². The first-order valence-corrected chi connectivity index (χ1v) is 6.41. The number of carbonyl (C=O) groups is 1. The first-order valence-electron chi connectivity index (χ1n) is 5.62. The number of amides is 1. The number of hydrogen-bond acceptors (Lipinski definition) is 3. The van der Waals surface area contributed by atoms with E-state index in [4.69, 9.17) is 0 Å². The molecule has 8 heteroatoms. The van der Waals surface area contributed by atoms with Gasteiger partial charge < -0.3 is 10.1 Å². The van der Waals surface area contributed by atoms with Crippen LogP contribution in [0.4, 0.5) is 18.9 Å². The Kier molecular flexibility index (Phi) is 4.46. The Balaban J connectivity index is 2.13. The van der Waals surface area contributed by atoms with Crippen LogP contribution in [0.5, 0.6) is 5.75 Å². The summed E-state index contributed by atoms with van der Waals surface area (Å²) < 4.78 is 40.6. The van der Waals surface area contributed by atoms with Gasteiger partial charge in [-0.1, -0.05) is 6.07 Å². The lowest BCUT2D eigenvalue weighted by Crippen LogP contribution is -2.17. The number of rotatable bonds is 3. The molecule has 1 aromatic heterocycles. The third kappa shape index (κ3) is 4.75. The van der Waals surface area contributed by atoms with Crippen LogP contribution < -0.4 is 10.1 Å². The topological polar surface area (TPSA) is 51.2 Å². The number of alkyl halides is 3. The quantitative estimate of drug-likeness (QED) is 0.841. The molecule has 1 amide bonds. The van der Waals surface area contributed by atoms with Crippen molar-refractivity contribution in [3.8, 4) is 5.75 Å². The predicted molar refractivity (Wildman–Crippen MR) is 73.0 cm³/mol. The van der Waals surface area contributed by atoms with Crippen molar-refractivity contribution in [3.05, 3.63) is 52.8 Å². The lowest BCUT2D eigenvalue weighted by atomic mass is 10.2. The number of nitrogens with zero attached hydrogens (tertiary/aromatic N) is 1. The van der Waals surface area contributed by atoms with Crippen LogP contribution >= 0.6 is 15.9 Å². The fraction of sp³-hybridized carbons (Fsp3) is 0.0769. The molecular weight excluding hydrogens is 353 g/mol. The fourth-order valence-electron chi connectivity index (χ4n) is 1.52. The number of halogens is 4. The smallest absolute Gasteiger partial charge is 0.406 e. The average molecular weight is 361 g/mol. The molecule has 0 aliphatic rings. The third-order valence-electron chi connectivity index (χ3n) is 2.31. The molecule has 0 saturated heterocycles. The maximum Gasteiger partial charge on any atom is 0.573 e. The minimum atomic E-state index is -4.78. The highest BCUT2D eigenvalue weighted by Crippen LogP contribution is 2.25. The molecule has 0 aliphatic carbocycles. The van der Waals surface area contributed by atoms with E-state index < -0.39 is 18.0 Å². The van der Waals surface area contributed by atoms with Crippen molar-refractivity contribution < 1.29 is 22.7 Å². The van der Waals surface area contributed by atoms with Crippen LogP contribution in [0, 0.1) is 0 Å². The standard InChI is InChI=1S/C13H8BrF3N2O2/c14-11-6-8(4-5-18-11)12(20)19-9-2-1-3-10(7-9)21-13(15,16)17/h1-7H,(H,19,20). The molecule has 1 heterocycles. The Hall–Kier alpha value is -2.09. The molecule has 21 heavy (non-hydrogen) atoms. The molecule has 0 unspecified atom stereocenters. The van der Waals surface area contributed by atoms with Crippen molar-refractivity contribution in [1.29, 1.82) is 0 Å². The van der Waals surface area contributed by atoms with Crippen molar-refractivity contribution >= 4 is 27.5 Å². The predicted octanol–water partition coefficient (Wildman–Crippen LogP) is 4.00. The van der Waals surface area contributed by atoms with Gasteiger partial charge >= 0.3 is 6.36 Å². The molecule has 2 aromatic rings. The summed E-state index contributed by atoms with van der Waals surface area (Å²) in [6, 6.07) is 8.01. The molecule has 110 valence electrons. The van der Waals surface area contributed by atoms with Gasteiger partial charge in [0.2, 0.25) is 0 Å². The number of pyridine rings is 1. The molecule has 0 spiro atoms. The largest absolute Gasteiger partial charge is 0.573 e. The van der Waals surface area contributed by atoms with Crippen LogP contribution in [0.3, 0.4) is 0 Å². The summed E-state index contributed by atoms with van der Waals surface area (Å²) in [5.41, 5.74) is 0.508. The molecule has 1 N–H and O–H groups in total. The van der Waals surface area contributed by atoms with Crippen molar-refractivity contribution in [2.45, 2.75) is 6.36 Å². The maximum absolute atomic E-state index is 12.1. The summed E-state index contributed by atoms with van der Waals surface area (Å²) >= 11 is 3.12. The molecule has 0 fully saturated rings. The highest BCUT2D eigenvalue weighted by Gasteiger charge is 2.31. The van der Waals surface area contributed by atoms with E-state index in [9.17, 15) is 18.0 Å². The molecule has 0 saturated carbocycles. The Bertz CT molecular complexity index is 662. The van der Waals surface area contributed by atoms with Gasteiger partial charge in [0.15, 0.2) is 0 Å². The van der Waals surface area contributed by atoms with E-state index in [2.05, 4.69) is 31.0 Å². The lowest BCUT2D eigenvalue weighted by molar-refractivity contribution is -0.274. The summed E-state index contributed by atoms with van der Waals surface area (Å²) in [6.07, 6.45) is -3.35. The van der Waals surface area contributed by atoms with Crippen molar-refractivity contribution in [2.75, 3.05) is 5.32 Å². The number of nitrogens with one attached hydrogen (secondary N) is 1. The van der Waals surface area contributed by atoms with Gasteiger partial charge in [-0.3, -0.25) is 4.79 Å². The second-order valence-corrected chi connectivity index (χ2v) is 4.71. The summed E-state index contributed by atoms with van der Waals surface area (Å²) in [5.74, 6) is -0.876. The zero-order valence-electron chi connectivity index (χ0n) is 10.3. The molecule has 0 radical (unpaired) electrons. The van der Waals surface area contributed by atoms with Gasteiger partial charge in [0.05, 0.1) is 0 Å². The Morgan fingerprint density at radius 1 is 1.24 bits per heavy atom. The number of carbonyl (C=O) groups excluding carboxylic acids is 1. The average Bonchev–Trinajstić information content (AvgIpc) is 2.37. The molecule has 2 rings (SSSR count). The van der Waals surface area contributed by atoms with Gasteiger partial charge in [-0.15, -0.1) is 13.2 Å². The van der Waals surface area contributed by atoms with E-state index in [0.717, 1.165) is 12.1 Å². The monoisotopic (exact) mass is 360 g/mol. The zero-order valence-corrected chi connectivity index (χ0v) is 11.9. The highest BCUT2D eigenvalue weighted by atomic mass is 79.9. The van der Waals surface area contributed by atoms with Gasteiger partial charge in [-0.25, -0.2) is 4.98 Å². The van der Waals surface area contributed by atoms with E-state index >= 15 is 0 Å². The van der Waals surface area contributed by atoms with E-state index in [1.807, 2.05) is 0 Å². The lowest BCUT2D eigenvalue weighted by Gasteiger charge is -2.10. The molecule has 0 atom stereocenters. The second kappa shape index (κ2) is 6.13. The van der Waals surface area contributed by atoms with Gasteiger partial charge in [0.1, 0.15) is 10.4 Å². The van der Waals surface area contributed by atoms with E-state index in [1.165, 1.54) is 30.5 Å².